The van der Waals surface area contributed by atoms with Crippen LogP contribution in [0.2, 0.25) is 0 Å². The molecule has 3 nitrogen and oxygen atoms in total. The summed E-state index contributed by atoms with van der Waals surface area (Å²) in [5, 5.41) is 16.8. The van der Waals surface area contributed by atoms with E-state index in [0.717, 1.165) is 0 Å². The van der Waals surface area contributed by atoms with Crippen LogP contribution in [0.25, 0.3) is 0 Å². The second-order valence-electron chi connectivity index (χ2n) is 2.39. The lowest BCUT2D eigenvalue weighted by Gasteiger charge is -2.12. The summed E-state index contributed by atoms with van der Waals surface area (Å²) < 4.78 is 4.99. The van der Waals surface area contributed by atoms with Crippen molar-refractivity contribution < 1.29 is 9.84 Å². The van der Waals surface area contributed by atoms with Gasteiger partial charge in [-0.1, -0.05) is 13.8 Å². The van der Waals surface area contributed by atoms with Crippen molar-refractivity contribution in [1.82, 2.24) is 0 Å². The van der Waals surface area contributed by atoms with Crippen LogP contribution >= 0.6 is 0 Å². The van der Waals surface area contributed by atoms with Crippen molar-refractivity contribution >= 4 is 0 Å². The van der Waals surface area contributed by atoms with Crippen molar-refractivity contribution in [3.8, 4) is 6.07 Å². The number of rotatable bonds is 4. The first-order chi connectivity index (χ1) is 4.72. The number of hydrogen-bond acceptors (Lipinski definition) is 3. The largest absolute Gasteiger partial charge is 0.394 e. The SMILES string of the molecule is CC(C)C(C#N)OCCO. The molecule has 0 heterocycles. The minimum absolute atomic E-state index is 0.0229. The number of aliphatic hydroxyl groups excluding tert-OH is 1. The molecule has 0 aliphatic carbocycles. The summed E-state index contributed by atoms with van der Waals surface area (Å²) in [6.07, 6.45) is -0.382. The van der Waals surface area contributed by atoms with Crippen molar-refractivity contribution in [1.29, 1.82) is 5.26 Å². The van der Waals surface area contributed by atoms with Crippen LogP contribution in [-0.2, 0) is 4.74 Å². The third-order valence-electron chi connectivity index (χ3n) is 1.12. The van der Waals surface area contributed by atoms with Gasteiger partial charge < -0.3 is 9.84 Å². The molecule has 0 radical (unpaired) electrons. The monoisotopic (exact) mass is 143 g/mol. The maximum atomic E-state index is 8.47. The molecule has 0 aliphatic heterocycles. The number of aliphatic hydroxyl groups is 1. The Morgan fingerprint density at radius 3 is 2.50 bits per heavy atom. The van der Waals surface area contributed by atoms with Gasteiger partial charge in [-0.3, -0.25) is 0 Å². The first kappa shape index (κ1) is 9.41. The van der Waals surface area contributed by atoms with Crippen molar-refractivity contribution in [2.24, 2.45) is 5.92 Å². The molecular formula is C7H13NO2. The fraction of sp³-hybridized carbons (Fsp3) is 0.857. The van der Waals surface area contributed by atoms with E-state index in [2.05, 4.69) is 0 Å². The Bertz CT molecular complexity index is 117. The normalized spacial score (nSPS) is 13.1. The van der Waals surface area contributed by atoms with Gasteiger partial charge in [0.15, 0.2) is 0 Å². The summed E-state index contributed by atoms with van der Waals surface area (Å²) in [5.41, 5.74) is 0. The maximum absolute atomic E-state index is 8.47. The first-order valence-electron chi connectivity index (χ1n) is 3.34. The molecule has 0 aliphatic rings. The van der Waals surface area contributed by atoms with Gasteiger partial charge in [0.25, 0.3) is 0 Å². The molecule has 0 bridgehead atoms. The molecule has 0 aromatic heterocycles. The van der Waals surface area contributed by atoms with E-state index < -0.39 is 0 Å². The molecule has 10 heavy (non-hydrogen) atoms. The van der Waals surface area contributed by atoms with Crippen molar-refractivity contribution in [2.75, 3.05) is 13.2 Å². The zero-order valence-corrected chi connectivity index (χ0v) is 6.37. The van der Waals surface area contributed by atoms with E-state index in [-0.39, 0.29) is 25.2 Å². The molecule has 3 heteroatoms. The zero-order chi connectivity index (χ0) is 7.98. The Hall–Kier alpha value is -0.590. The predicted molar refractivity (Wildman–Crippen MR) is 37.3 cm³/mol. The van der Waals surface area contributed by atoms with Crippen LogP contribution in [0.15, 0.2) is 0 Å². The fourth-order valence-corrected chi connectivity index (χ4v) is 0.558. The van der Waals surface area contributed by atoms with Gasteiger partial charge >= 0.3 is 0 Å². The van der Waals surface area contributed by atoms with Gasteiger partial charge in [0, 0.05) is 0 Å². The smallest absolute Gasteiger partial charge is 0.146 e. The van der Waals surface area contributed by atoms with Crippen LogP contribution in [0.4, 0.5) is 0 Å². The first-order valence-corrected chi connectivity index (χ1v) is 3.34. The molecule has 0 rings (SSSR count). The van der Waals surface area contributed by atoms with E-state index >= 15 is 0 Å². The fourth-order valence-electron chi connectivity index (χ4n) is 0.558. The highest BCUT2D eigenvalue weighted by atomic mass is 16.5. The van der Waals surface area contributed by atoms with Crippen LogP contribution in [-0.4, -0.2) is 24.4 Å². The van der Waals surface area contributed by atoms with Gasteiger partial charge in [-0.05, 0) is 5.92 Å². The topological polar surface area (TPSA) is 53.2 Å². The minimum atomic E-state index is -0.382. The molecule has 0 aromatic carbocycles. The molecule has 1 unspecified atom stereocenters. The molecule has 1 N–H and O–H groups in total. The highest BCUT2D eigenvalue weighted by Crippen LogP contribution is 2.03. The van der Waals surface area contributed by atoms with E-state index in [0.29, 0.717) is 0 Å². The predicted octanol–water partition coefficient (Wildman–Crippen LogP) is 0.543. The third kappa shape index (κ3) is 3.44. The average molecular weight is 143 g/mol. The molecule has 0 amide bonds. The molecule has 0 aromatic rings. The second-order valence-corrected chi connectivity index (χ2v) is 2.39. The molecule has 58 valence electrons. The molecule has 0 saturated carbocycles. The summed E-state index contributed by atoms with van der Waals surface area (Å²) in [5.74, 6) is 0.191. The lowest BCUT2D eigenvalue weighted by molar-refractivity contribution is 0.0353. The van der Waals surface area contributed by atoms with Crippen LogP contribution in [0.1, 0.15) is 13.8 Å². The highest BCUT2D eigenvalue weighted by molar-refractivity contribution is 4.86. The Labute approximate surface area is 61.2 Å². The minimum Gasteiger partial charge on any atom is -0.394 e. The van der Waals surface area contributed by atoms with Gasteiger partial charge in [-0.25, -0.2) is 0 Å². The van der Waals surface area contributed by atoms with Crippen LogP contribution in [0, 0.1) is 17.2 Å². The molecule has 0 fully saturated rings. The number of nitriles is 1. The lowest BCUT2D eigenvalue weighted by atomic mass is 10.1. The van der Waals surface area contributed by atoms with E-state index in [1.807, 2.05) is 19.9 Å². The van der Waals surface area contributed by atoms with E-state index in [1.54, 1.807) is 0 Å². The van der Waals surface area contributed by atoms with Crippen LogP contribution in [0.5, 0.6) is 0 Å². The zero-order valence-electron chi connectivity index (χ0n) is 6.37. The number of hydrogen-bond donors (Lipinski definition) is 1. The standard InChI is InChI=1S/C7H13NO2/c1-6(2)7(5-8)10-4-3-9/h6-7,9H,3-4H2,1-2H3. The Morgan fingerprint density at radius 2 is 2.20 bits per heavy atom. The summed E-state index contributed by atoms with van der Waals surface area (Å²) in [6.45, 7) is 4.04. The summed E-state index contributed by atoms with van der Waals surface area (Å²) >= 11 is 0. The van der Waals surface area contributed by atoms with Crippen molar-refractivity contribution in [3.63, 3.8) is 0 Å². The quantitative estimate of drug-likeness (QED) is 0.625. The number of ether oxygens (including phenoxy) is 1. The molecule has 0 saturated heterocycles. The Balaban J connectivity index is 3.53. The van der Waals surface area contributed by atoms with Gasteiger partial charge in [0.05, 0.1) is 19.3 Å². The van der Waals surface area contributed by atoms with Gasteiger partial charge in [0.1, 0.15) is 6.10 Å². The molecule has 0 spiro atoms. The number of nitrogens with zero attached hydrogens (tertiary/aromatic N) is 1. The van der Waals surface area contributed by atoms with Crippen molar-refractivity contribution in [2.45, 2.75) is 20.0 Å². The van der Waals surface area contributed by atoms with E-state index in [4.69, 9.17) is 15.1 Å². The highest BCUT2D eigenvalue weighted by Gasteiger charge is 2.10. The van der Waals surface area contributed by atoms with E-state index in [1.165, 1.54) is 0 Å². The van der Waals surface area contributed by atoms with Gasteiger partial charge in [0.2, 0.25) is 0 Å². The maximum Gasteiger partial charge on any atom is 0.146 e. The Morgan fingerprint density at radius 1 is 1.60 bits per heavy atom. The van der Waals surface area contributed by atoms with Gasteiger partial charge in [-0.15, -0.1) is 0 Å². The van der Waals surface area contributed by atoms with Crippen LogP contribution < -0.4 is 0 Å². The second kappa shape index (κ2) is 5.21. The molecular weight excluding hydrogens is 130 g/mol. The van der Waals surface area contributed by atoms with Crippen LogP contribution in [0.3, 0.4) is 0 Å². The summed E-state index contributed by atoms with van der Waals surface area (Å²) in [6, 6.07) is 2.00. The summed E-state index contributed by atoms with van der Waals surface area (Å²) in [4.78, 5) is 0. The Kier molecular flexibility index (Phi) is 4.91. The average Bonchev–Trinajstić information content (AvgIpc) is 1.89. The summed E-state index contributed by atoms with van der Waals surface area (Å²) in [7, 11) is 0. The van der Waals surface area contributed by atoms with E-state index in [9.17, 15) is 0 Å². The lowest BCUT2D eigenvalue weighted by Crippen LogP contribution is -2.19. The van der Waals surface area contributed by atoms with Gasteiger partial charge in [-0.2, -0.15) is 5.26 Å². The van der Waals surface area contributed by atoms with Crippen molar-refractivity contribution in [3.05, 3.63) is 0 Å². The molecule has 1 atom stereocenters. The third-order valence-corrected chi connectivity index (χ3v) is 1.12.